The van der Waals surface area contributed by atoms with Crippen LogP contribution < -0.4 is 17.2 Å². The number of hydrogen-bond donors (Lipinski definition) is 10. The highest BCUT2D eigenvalue weighted by Gasteiger charge is 2.07. The SMILES string of the molecule is CC(C)C1=CC=C(O)C(O)=CC1.NCC1=C(CN)CC=CC=C1.NCC1=C(S)C=CC=CC1.OC1=C(O)CC=CC=C1.OC1=C(S)C=CC=CC1. The molecule has 0 unspecified atom stereocenters. The highest BCUT2D eigenvalue weighted by Crippen LogP contribution is 2.20. The quantitative estimate of drug-likeness (QED) is 0.127. The molecule has 11 N–H and O–H groups in total. The number of allylic oxidation sites excluding steroid dienone is 19. The summed E-state index contributed by atoms with van der Waals surface area (Å²) < 4.78 is 0. The Hall–Kier alpha value is -4.32. The van der Waals surface area contributed by atoms with Gasteiger partial charge in [0.25, 0.3) is 0 Å². The second kappa shape index (κ2) is 26.5. The van der Waals surface area contributed by atoms with E-state index in [9.17, 15) is 0 Å². The molecule has 276 valence electrons. The fourth-order valence-corrected chi connectivity index (χ4v) is 4.73. The molecule has 10 heteroatoms. The van der Waals surface area contributed by atoms with Crippen LogP contribution in [0.2, 0.25) is 0 Å². The summed E-state index contributed by atoms with van der Waals surface area (Å²) in [6.45, 7) is 5.99. The van der Waals surface area contributed by atoms with Gasteiger partial charge in [0.1, 0.15) is 11.5 Å². The van der Waals surface area contributed by atoms with Crippen LogP contribution in [0.15, 0.2) is 176 Å². The maximum absolute atomic E-state index is 9.17. The van der Waals surface area contributed by atoms with Crippen molar-refractivity contribution >= 4 is 25.3 Å². The Labute approximate surface area is 314 Å². The zero-order chi connectivity index (χ0) is 38.0. The molecular formula is C41H55N3O5S2. The van der Waals surface area contributed by atoms with Crippen LogP contribution >= 0.6 is 25.3 Å². The second-order valence-electron chi connectivity index (χ2n) is 11.6. The summed E-state index contributed by atoms with van der Waals surface area (Å²) in [6.07, 6.45) is 38.9. The maximum Gasteiger partial charge on any atom is 0.157 e. The molecule has 0 fully saturated rings. The first-order chi connectivity index (χ1) is 24.4. The van der Waals surface area contributed by atoms with Gasteiger partial charge in [-0.15, -0.1) is 25.3 Å². The lowest BCUT2D eigenvalue weighted by Gasteiger charge is -2.05. The summed E-state index contributed by atoms with van der Waals surface area (Å²) >= 11 is 8.31. The Balaban J connectivity index is 0.000000320. The Morgan fingerprint density at radius 1 is 0.549 bits per heavy atom. The molecule has 0 bridgehead atoms. The molecule has 51 heavy (non-hydrogen) atoms. The average Bonchev–Trinajstić information content (AvgIpc) is 3.69. The minimum absolute atomic E-state index is 0.0260. The van der Waals surface area contributed by atoms with Gasteiger partial charge in [0.2, 0.25) is 0 Å². The standard InChI is InChI=1S/C10H14O2.C9H14N2.C8H11NS.C7H8O2.C7H8OS/c1-7(2)8-3-5-9(11)10(12)6-4-8;10-6-8-4-2-1-3-5-9(8)7-11;9-6-7-4-2-1-3-5-8(7)10;2*8-6-4-2-1-3-5-7(6)9/h3,5-7,11-12H,4H2,1-2H3;1-4H,5-7,10-11H2;1-3,5,10H,4,6,9H2;1-4,8-9H,5H2;1-3,5,8-9H,4H2. The predicted octanol–water partition coefficient (Wildman–Crippen LogP) is 9.25. The summed E-state index contributed by atoms with van der Waals surface area (Å²) in [5.41, 5.74) is 21.4. The topological polar surface area (TPSA) is 179 Å². The molecule has 0 aromatic rings. The summed E-state index contributed by atoms with van der Waals surface area (Å²) in [5, 5.41) is 45.1. The normalized spacial score (nSPS) is 17.9. The van der Waals surface area contributed by atoms with E-state index in [0.29, 0.717) is 55.5 Å². The van der Waals surface area contributed by atoms with Crippen molar-refractivity contribution in [2.75, 3.05) is 19.6 Å². The largest absolute Gasteiger partial charge is 0.511 e. The number of aliphatic hydroxyl groups is 5. The highest BCUT2D eigenvalue weighted by molar-refractivity contribution is 7.85. The van der Waals surface area contributed by atoms with Gasteiger partial charge in [-0.1, -0.05) is 104 Å². The Kier molecular flexibility index (Phi) is 23.2. The molecule has 0 aliphatic heterocycles. The van der Waals surface area contributed by atoms with Gasteiger partial charge in [-0.2, -0.15) is 0 Å². The number of nitrogens with two attached hydrogens (primary N) is 3. The van der Waals surface area contributed by atoms with Crippen LogP contribution in [0.25, 0.3) is 0 Å². The molecule has 0 saturated carbocycles. The fourth-order valence-electron chi connectivity index (χ4n) is 4.28. The van der Waals surface area contributed by atoms with Crippen LogP contribution in [0.5, 0.6) is 0 Å². The van der Waals surface area contributed by atoms with Crippen molar-refractivity contribution in [3.8, 4) is 0 Å². The van der Waals surface area contributed by atoms with Gasteiger partial charge in [0.05, 0.1) is 0 Å². The first-order valence-electron chi connectivity index (χ1n) is 16.7. The molecule has 0 aromatic carbocycles. The zero-order valence-electron chi connectivity index (χ0n) is 29.6. The highest BCUT2D eigenvalue weighted by atomic mass is 32.1. The van der Waals surface area contributed by atoms with E-state index in [-0.39, 0.29) is 23.0 Å². The Morgan fingerprint density at radius 3 is 1.63 bits per heavy atom. The van der Waals surface area contributed by atoms with Crippen molar-refractivity contribution in [2.45, 2.75) is 46.0 Å². The third kappa shape index (κ3) is 19.0. The van der Waals surface area contributed by atoms with E-state index < -0.39 is 0 Å². The van der Waals surface area contributed by atoms with Gasteiger partial charge in [0, 0.05) is 42.3 Å². The lowest BCUT2D eigenvalue weighted by Crippen LogP contribution is -2.10. The van der Waals surface area contributed by atoms with Gasteiger partial charge in [-0.05, 0) is 72.3 Å². The lowest BCUT2D eigenvalue weighted by molar-refractivity contribution is 0.326. The molecule has 5 rings (SSSR count). The first-order valence-corrected chi connectivity index (χ1v) is 17.6. The molecule has 8 nitrogen and oxygen atoms in total. The summed E-state index contributed by atoms with van der Waals surface area (Å²) in [5.74, 6) is 0.701. The van der Waals surface area contributed by atoms with E-state index in [0.717, 1.165) is 17.7 Å². The van der Waals surface area contributed by atoms with Crippen LogP contribution in [-0.4, -0.2) is 45.2 Å². The monoisotopic (exact) mass is 733 g/mol. The molecule has 0 aromatic heterocycles. The van der Waals surface area contributed by atoms with Gasteiger partial charge in [-0.25, -0.2) is 0 Å². The minimum Gasteiger partial charge on any atom is -0.511 e. The van der Waals surface area contributed by atoms with E-state index in [2.05, 4.69) is 51.3 Å². The smallest absolute Gasteiger partial charge is 0.157 e. The van der Waals surface area contributed by atoms with Crippen LogP contribution in [0.3, 0.4) is 0 Å². The van der Waals surface area contributed by atoms with Crippen molar-refractivity contribution in [1.29, 1.82) is 0 Å². The summed E-state index contributed by atoms with van der Waals surface area (Å²) in [4.78, 5) is 1.66. The molecule has 5 aliphatic rings. The van der Waals surface area contributed by atoms with Crippen molar-refractivity contribution in [2.24, 2.45) is 23.1 Å². The van der Waals surface area contributed by atoms with Crippen LogP contribution in [0.4, 0.5) is 0 Å². The maximum atomic E-state index is 9.17. The number of thiol groups is 2. The van der Waals surface area contributed by atoms with Gasteiger partial charge < -0.3 is 42.7 Å². The van der Waals surface area contributed by atoms with Gasteiger partial charge >= 0.3 is 0 Å². The number of rotatable bonds is 4. The molecule has 0 atom stereocenters. The second-order valence-corrected chi connectivity index (χ2v) is 12.6. The first kappa shape index (κ1) is 44.7. The summed E-state index contributed by atoms with van der Waals surface area (Å²) in [6, 6.07) is 0. The zero-order valence-corrected chi connectivity index (χ0v) is 31.4. The van der Waals surface area contributed by atoms with E-state index in [1.807, 2.05) is 60.8 Å². The third-order valence-corrected chi connectivity index (χ3v) is 8.38. The molecule has 0 amide bonds. The third-order valence-electron chi connectivity index (χ3n) is 7.51. The summed E-state index contributed by atoms with van der Waals surface area (Å²) in [7, 11) is 0. The molecule has 0 saturated heterocycles. The predicted molar refractivity (Wildman–Crippen MR) is 222 cm³/mol. The number of hydrogen-bond acceptors (Lipinski definition) is 10. The average molecular weight is 734 g/mol. The Bertz CT molecular complexity index is 1560. The fraction of sp³-hybridized carbons (Fsp3) is 0.268. The van der Waals surface area contributed by atoms with E-state index in [4.69, 9.17) is 42.7 Å². The van der Waals surface area contributed by atoms with Crippen molar-refractivity contribution in [1.82, 2.24) is 0 Å². The van der Waals surface area contributed by atoms with Gasteiger partial charge in [-0.3, -0.25) is 0 Å². The van der Waals surface area contributed by atoms with Crippen molar-refractivity contribution in [3.63, 3.8) is 0 Å². The van der Waals surface area contributed by atoms with Crippen molar-refractivity contribution in [3.05, 3.63) is 176 Å². The van der Waals surface area contributed by atoms with Gasteiger partial charge in [0.15, 0.2) is 17.3 Å². The number of aliphatic hydroxyl groups excluding tert-OH is 5. The molecule has 0 heterocycles. The lowest BCUT2D eigenvalue weighted by atomic mass is 10.0. The van der Waals surface area contributed by atoms with Crippen LogP contribution in [0.1, 0.15) is 46.0 Å². The minimum atomic E-state index is -0.0503. The Morgan fingerprint density at radius 2 is 1.06 bits per heavy atom. The van der Waals surface area contributed by atoms with E-state index in [1.165, 1.54) is 34.4 Å². The van der Waals surface area contributed by atoms with Crippen molar-refractivity contribution < 1.29 is 25.5 Å². The molecule has 0 spiro atoms. The van der Waals surface area contributed by atoms with Crippen LogP contribution in [0, 0.1) is 5.92 Å². The molecule has 0 radical (unpaired) electrons. The molecule has 5 aliphatic carbocycles. The molecular weight excluding hydrogens is 679 g/mol. The van der Waals surface area contributed by atoms with E-state index in [1.54, 1.807) is 30.4 Å². The van der Waals surface area contributed by atoms with E-state index >= 15 is 0 Å². The van der Waals surface area contributed by atoms with Crippen LogP contribution in [-0.2, 0) is 0 Å².